The molecule has 1 saturated carbocycles. The molecule has 1 amide bonds. The van der Waals surface area contributed by atoms with Crippen molar-refractivity contribution in [3.8, 4) is 0 Å². The zero-order chi connectivity index (χ0) is 18.0. The van der Waals surface area contributed by atoms with Gasteiger partial charge in [-0.1, -0.05) is 28.9 Å². The SMILES string of the molecule is C[C@H]1C[C@@H]1C(=O)N(CCN1CCN(C)CC1)Cc1ccc(Br)cc1F. The maximum atomic E-state index is 14.2. The number of hydrogen-bond acceptors (Lipinski definition) is 3. The van der Waals surface area contributed by atoms with Crippen LogP contribution in [0.15, 0.2) is 22.7 Å². The zero-order valence-corrected chi connectivity index (χ0v) is 16.6. The third kappa shape index (κ3) is 5.02. The van der Waals surface area contributed by atoms with E-state index in [4.69, 9.17) is 0 Å². The molecule has 0 bridgehead atoms. The molecular formula is C19H27BrFN3O. The van der Waals surface area contributed by atoms with E-state index in [0.29, 0.717) is 24.6 Å². The second kappa shape index (κ2) is 8.14. The van der Waals surface area contributed by atoms with Crippen LogP contribution in [0.3, 0.4) is 0 Å². The summed E-state index contributed by atoms with van der Waals surface area (Å²) in [7, 11) is 2.14. The molecule has 3 rings (SSSR count). The molecule has 1 aliphatic carbocycles. The second-order valence-electron chi connectivity index (χ2n) is 7.46. The zero-order valence-electron chi connectivity index (χ0n) is 15.0. The van der Waals surface area contributed by atoms with Crippen molar-refractivity contribution in [2.45, 2.75) is 19.9 Å². The van der Waals surface area contributed by atoms with Crippen molar-refractivity contribution in [1.29, 1.82) is 0 Å². The number of amides is 1. The lowest BCUT2D eigenvalue weighted by atomic mass is 10.1. The topological polar surface area (TPSA) is 26.8 Å². The van der Waals surface area contributed by atoms with Crippen LogP contribution in [0.25, 0.3) is 0 Å². The number of nitrogens with zero attached hydrogens (tertiary/aromatic N) is 3. The lowest BCUT2D eigenvalue weighted by molar-refractivity contribution is -0.133. The van der Waals surface area contributed by atoms with Gasteiger partial charge in [0.2, 0.25) is 5.91 Å². The fourth-order valence-electron chi connectivity index (χ4n) is 3.36. The molecule has 1 aromatic rings. The van der Waals surface area contributed by atoms with Crippen LogP contribution >= 0.6 is 15.9 Å². The quantitative estimate of drug-likeness (QED) is 0.719. The Bertz CT molecular complexity index is 619. The second-order valence-corrected chi connectivity index (χ2v) is 8.38. The van der Waals surface area contributed by atoms with Crippen LogP contribution < -0.4 is 0 Å². The molecule has 6 heteroatoms. The molecular weight excluding hydrogens is 385 g/mol. The monoisotopic (exact) mass is 411 g/mol. The van der Waals surface area contributed by atoms with E-state index in [2.05, 4.69) is 39.7 Å². The van der Waals surface area contributed by atoms with Crippen molar-refractivity contribution in [1.82, 2.24) is 14.7 Å². The largest absolute Gasteiger partial charge is 0.337 e. The van der Waals surface area contributed by atoms with Gasteiger partial charge in [0.05, 0.1) is 0 Å². The van der Waals surface area contributed by atoms with Gasteiger partial charge in [0.25, 0.3) is 0 Å². The van der Waals surface area contributed by atoms with Gasteiger partial charge >= 0.3 is 0 Å². The number of carbonyl (C=O) groups excluding carboxylic acids is 1. The summed E-state index contributed by atoms with van der Waals surface area (Å²) >= 11 is 3.29. The standard InChI is InChI=1S/C19H27BrFN3O/c1-14-11-17(14)19(25)24(10-9-23-7-5-22(2)6-8-23)13-15-3-4-16(20)12-18(15)21/h3-4,12,14,17H,5-11,13H2,1-2H3/t14-,17-/m0/s1. The summed E-state index contributed by atoms with van der Waals surface area (Å²) in [5, 5.41) is 0. The highest BCUT2D eigenvalue weighted by molar-refractivity contribution is 9.10. The first kappa shape index (κ1) is 18.8. The van der Waals surface area contributed by atoms with Gasteiger partial charge in [-0.15, -0.1) is 0 Å². The first-order valence-corrected chi connectivity index (χ1v) is 9.87. The van der Waals surface area contributed by atoms with Crippen molar-refractivity contribution >= 4 is 21.8 Å². The molecule has 25 heavy (non-hydrogen) atoms. The molecule has 0 spiro atoms. The number of carbonyl (C=O) groups is 1. The Kier molecular flexibility index (Phi) is 6.12. The Labute approximate surface area is 158 Å². The fourth-order valence-corrected chi connectivity index (χ4v) is 3.69. The third-order valence-corrected chi connectivity index (χ3v) is 5.89. The van der Waals surface area contributed by atoms with Gasteiger partial charge in [-0.05, 0) is 31.5 Å². The smallest absolute Gasteiger partial charge is 0.226 e. The van der Waals surface area contributed by atoms with Gasteiger partial charge in [0.15, 0.2) is 0 Å². The van der Waals surface area contributed by atoms with Gasteiger partial charge in [-0.3, -0.25) is 9.69 Å². The number of likely N-dealkylation sites (N-methyl/N-ethyl adjacent to an activating group) is 1. The predicted molar refractivity (Wildman–Crippen MR) is 101 cm³/mol. The Hall–Kier alpha value is -0.980. The molecule has 0 radical (unpaired) electrons. The highest BCUT2D eigenvalue weighted by atomic mass is 79.9. The van der Waals surface area contributed by atoms with Gasteiger partial charge < -0.3 is 9.80 Å². The molecule has 2 fully saturated rings. The fraction of sp³-hybridized carbons (Fsp3) is 0.632. The molecule has 0 unspecified atom stereocenters. The van der Waals surface area contributed by atoms with Crippen LogP contribution in [-0.4, -0.2) is 66.9 Å². The highest BCUT2D eigenvalue weighted by Crippen LogP contribution is 2.39. The number of piperazine rings is 1. The predicted octanol–water partition coefficient (Wildman–Crippen LogP) is 2.82. The first-order valence-electron chi connectivity index (χ1n) is 9.07. The van der Waals surface area contributed by atoms with Crippen LogP contribution in [0, 0.1) is 17.7 Å². The van der Waals surface area contributed by atoms with Crippen molar-refractivity contribution < 1.29 is 9.18 Å². The van der Waals surface area contributed by atoms with E-state index in [9.17, 15) is 9.18 Å². The minimum absolute atomic E-state index is 0.131. The number of halogens is 2. The molecule has 4 nitrogen and oxygen atoms in total. The summed E-state index contributed by atoms with van der Waals surface area (Å²) < 4.78 is 14.9. The molecule has 1 saturated heterocycles. The van der Waals surface area contributed by atoms with Crippen LogP contribution in [0.4, 0.5) is 4.39 Å². The summed E-state index contributed by atoms with van der Waals surface area (Å²) in [6.07, 6.45) is 0.965. The van der Waals surface area contributed by atoms with Crippen LogP contribution in [0.2, 0.25) is 0 Å². The van der Waals surface area contributed by atoms with Gasteiger partial charge in [0, 0.05) is 61.8 Å². The van der Waals surface area contributed by atoms with E-state index < -0.39 is 0 Å². The maximum absolute atomic E-state index is 14.2. The van der Waals surface area contributed by atoms with E-state index >= 15 is 0 Å². The highest BCUT2D eigenvalue weighted by Gasteiger charge is 2.41. The normalized spacial score (nSPS) is 24.3. The molecule has 1 aromatic carbocycles. The number of rotatable bonds is 6. The number of hydrogen-bond donors (Lipinski definition) is 0. The van der Waals surface area contributed by atoms with Gasteiger partial charge in [0.1, 0.15) is 5.82 Å². The van der Waals surface area contributed by atoms with Gasteiger partial charge in [-0.2, -0.15) is 0 Å². The molecule has 2 atom stereocenters. The Balaban J connectivity index is 1.63. The number of benzene rings is 1. The van der Waals surface area contributed by atoms with E-state index in [1.165, 1.54) is 6.07 Å². The van der Waals surface area contributed by atoms with Crippen molar-refractivity contribution in [2.24, 2.45) is 11.8 Å². The Morgan fingerprint density at radius 3 is 2.60 bits per heavy atom. The minimum atomic E-state index is -0.254. The van der Waals surface area contributed by atoms with Crippen molar-refractivity contribution in [2.75, 3.05) is 46.3 Å². The van der Waals surface area contributed by atoms with Crippen LogP contribution in [0.1, 0.15) is 18.9 Å². The van der Waals surface area contributed by atoms with Gasteiger partial charge in [-0.25, -0.2) is 4.39 Å². The lowest BCUT2D eigenvalue weighted by Gasteiger charge is -2.34. The van der Waals surface area contributed by atoms with Crippen LogP contribution in [0.5, 0.6) is 0 Å². The Morgan fingerprint density at radius 1 is 1.32 bits per heavy atom. The molecule has 1 aliphatic heterocycles. The average Bonchev–Trinajstić information content (AvgIpc) is 3.31. The summed E-state index contributed by atoms with van der Waals surface area (Å²) in [5.41, 5.74) is 0.586. The molecule has 0 aromatic heterocycles. The lowest BCUT2D eigenvalue weighted by Crippen LogP contribution is -2.47. The minimum Gasteiger partial charge on any atom is -0.337 e. The maximum Gasteiger partial charge on any atom is 0.226 e. The summed E-state index contributed by atoms with van der Waals surface area (Å²) in [4.78, 5) is 19.4. The van der Waals surface area contributed by atoms with E-state index in [1.54, 1.807) is 6.07 Å². The molecule has 0 N–H and O–H groups in total. The van der Waals surface area contributed by atoms with E-state index in [1.807, 2.05) is 11.0 Å². The average molecular weight is 412 g/mol. The van der Waals surface area contributed by atoms with Crippen molar-refractivity contribution in [3.05, 3.63) is 34.1 Å². The van der Waals surface area contributed by atoms with Crippen molar-refractivity contribution in [3.63, 3.8) is 0 Å². The van der Waals surface area contributed by atoms with E-state index in [0.717, 1.165) is 43.6 Å². The molecule has 138 valence electrons. The summed E-state index contributed by atoms with van der Waals surface area (Å²) in [6.45, 7) is 8.19. The first-order chi connectivity index (χ1) is 11.9. The summed E-state index contributed by atoms with van der Waals surface area (Å²) in [6, 6.07) is 5.07. The van der Waals surface area contributed by atoms with Crippen LogP contribution in [-0.2, 0) is 11.3 Å². The Morgan fingerprint density at radius 2 is 2.00 bits per heavy atom. The van der Waals surface area contributed by atoms with E-state index in [-0.39, 0.29) is 17.6 Å². The molecule has 1 heterocycles. The third-order valence-electron chi connectivity index (χ3n) is 5.40. The summed E-state index contributed by atoms with van der Waals surface area (Å²) in [5.74, 6) is 0.527. The molecule has 2 aliphatic rings.